The van der Waals surface area contributed by atoms with Gasteiger partial charge in [-0.25, -0.2) is 5.10 Å². The highest BCUT2D eigenvalue weighted by atomic mass is 19.4. The molecule has 1 amide bonds. The molecule has 0 saturated heterocycles. The van der Waals surface area contributed by atoms with E-state index in [9.17, 15) is 35.9 Å². The first-order valence-electron chi connectivity index (χ1n) is 14.6. The summed E-state index contributed by atoms with van der Waals surface area (Å²) in [7, 11) is 0. The number of H-pyrrole nitrogens is 1. The number of alkyl halides is 6. The fourth-order valence-corrected chi connectivity index (χ4v) is 4.86. The molecule has 2 atom stereocenters. The molecule has 2 unspecified atom stereocenters. The number of hydrogen-bond donors (Lipinski definition) is 2. The van der Waals surface area contributed by atoms with Crippen LogP contribution in [0.25, 0.3) is 0 Å². The van der Waals surface area contributed by atoms with Crippen LogP contribution in [-0.2, 0) is 17.4 Å². The van der Waals surface area contributed by atoms with Crippen molar-refractivity contribution < 1.29 is 31.1 Å². The summed E-state index contributed by atoms with van der Waals surface area (Å²) in [4.78, 5) is 27.6. The van der Waals surface area contributed by atoms with Gasteiger partial charge >= 0.3 is 12.4 Å². The number of hydrogen-bond acceptors (Lipinski definition) is 4. The molecule has 0 saturated carbocycles. The van der Waals surface area contributed by atoms with E-state index < -0.39 is 35.1 Å². The normalized spacial score (nSPS) is 16.7. The molecule has 12 heteroatoms. The molecule has 1 aromatic heterocycles. The van der Waals surface area contributed by atoms with Crippen molar-refractivity contribution in [2.75, 3.05) is 0 Å². The van der Waals surface area contributed by atoms with Crippen LogP contribution in [0.5, 0.6) is 0 Å². The van der Waals surface area contributed by atoms with Crippen molar-refractivity contribution in [1.29, 1.82) is 0 Å². The number of nitrogens with one attached hydrogen (secondary N) is 2. The van der Waals surface area contributed by atoms with Gasteiger partial charge in [0.15, 0.2) is 0 Å². The van der Waals surface area contributed by atoms with Gasteiger partial charge in [0.2, 0.25) is 5.91 Å². The number of unbranched alkanes of at least 4 members (excludes halogenated alkanes) is 2. The van der Waals surface area contributed by atoms with Gasteiger partial charge < -0.3 is 5.32 Å². The Morgan fingerprint density at radius 1 is 1.10 bits per heavy atom. The van der Waals surface area contributed by atoms with E-state index >= 15 is 0 Å². The quantitative estimate of drug-likeness (QED) is 0.134. The summed E-state index contributed by atoms with van der Waals surface area (Å²) < 4.78 is 76.0. The fourth-order valence-electron chi connectivity index (χ4n) is 4.86. The molecule has 238 valence electrons. The molecule has 6 nitrogen and oxygen atoms in total. The first-order chi connectivity index (χ1) is 19.7. The first kappa shape index (κ1) is 37.1. The van der Waals surface area contributed by atoms with Gasteiger partial charge in [-0.1, -0.05) is 71.4 Å². The lowest BCUT2D eigenvalue weighted by Gasteiger charge is -2.17. The standard InChI is InChI=1S/C20H30F3N3O2.C10H14F3N/c1-3-5-6-8-13(7-4-2)9-12-16(27)24-15-11-10-14-17(20(21,22)23)19(28)26-25-18(14)15;1-4-6-8(3)14-7-9(5-2)10(11,12)13/h13,15H,3-12H2,1-2H3,(H,24,27)(H,26,28);5-7H,4H2,1-3H3/b;8-6+,9-5+,14-7+. The Morgan fingerprint density at radius 2 is 1.79 bits per heavy atom. The van der Waals surface area contributed by atoms with Crippen molar-refractivity contribution in [2.24, 2.45) is 10.9 Å². The van der Waals surface area contributed by atoms with Crippen LogP contribution in [-0.4, -0.2) is 28.5 Å². The molecule has 2 N–H and O–H groups in total. The summed E-state index contributed by atoms with van der Waals surface area (Å²) in [6, 6.07) is -0.579. The number of halogens is 6. The van der Waals surface area contributed by atoms with Crippen LogP contribution in [0.3, 0.4) is 0 Å². The zero-order valence-electron chi connectivity index (χ0n) is 25.1. The van der Waals surface area contributed by atoms with Gasteiger partial charge in [-0.2, -0.15) is 31.4 Å². The molecule has 1 aromatic rings. The minimum absolute atomic E-state index is 0.0848. The molecule has 0 fully saturated rings. The molecule has 0 bridgehead atoms. The Bertz CT molecular complexity index is 1140. The number of nitrogens with zero attached hydrogens (tertiary/aromatic N) is 2. The Labute approximate surface area is 244 Å². The minimum atomic E-state index is -4.73. The van der Waals surface area contributed by atoms with Crippen LogP contribution >= 0.6 is 0 Å². The number of fused-ring (bicyclic) bond motifs is 1. The van der Waals surface area contributed by atoms with Crippen molar-refractivity contribution in [3.05, 3.63) is 50.6 Å². The maximum Gasteiger partial charge on any atom is 0.422 e. The van der Waals surface area contributed by atoms with Crippen molar-refractivity contribution >= 4 is 12.1 Å². The first-order valence-corrected chi connectivity index (χ1v) is 14.6. The van der Waals surface area contributed by atoms with E-state index in [-0.39, 0.29) is 23.6 Å². The zero-order chi connectivity index (χ0) is 31.9. The summed E-state index contributed by atoms with van der Waals surface area (Å²) in [5.74, 6) is 0.334. The van der Waals surface area contributed by atoms with Gasteiger partial charge in [0.1, 0.15) is 5.56 Å². The smallest absolute Gasteiger partial charge is 0.348 e. The van der Waals surface area contributed by atoms with Gasteiger partial charge in [0, 0.05) is 18.3 Å². The average Bonchev–Trinajstić information content (AvgIpc) is 3.28. The van der Waals surface area contributed by atoms with Crippen LogP contribution in [0, 0.1) is 5.92 Å². The van der Waals surface area contributed by atoms with E-state index in [1.54, 1.807) is 13.0 Å². The third-order valence-corrected chi connectivity index (χ3v) is 6.99. The SMILES string of the molecule is CCCCCC(CCC)CCC(=O)NC1CCc2c1n[nH]c(=O)c2C(F)(F)F.C\C=C(/C=N/C(C)=C/CC)C(F)(F)F. The third-order valence-electron chi connectivity index (χ3n) is 6.99. The third kappa shape index (κ3) is 12.5. The Kier molecular flexibility index (Phi) is 15.8. The highest BCUT2D eigenvalue weighted by Crippen LogP contribution is 2.37. The number of allylic oxidation sites excluding steroid dienone is 4. The molecular formula is C30H44F6N4O2. The second-order valence-electron chi connectivity index (χ2n) is 10.4. The number of rotatable bonds is 13. The molecule has 42 heavy (non-hydrogen) atoms. The summed E-state index contributed by atoms with van der Waals surface area (Å²) in [5.41, 5.74) is -2.50. The monoisotopic (exact) mass is 606 g/mol. The van der Waals surface area contributed by atoms with Gasteiger partial charge in [-0.15, -0.1) is 0 Å². The van der Waals surface area contributed by atoms with E-state index in [0.29, 0.717) is 24.5 Å². The largest absolute Gasteiger partial charge is 0.422 e. The van der Waals surface area contributed by atoms with E-state index in [1.165, 1.54) is 13.3 Å². The van der Waals surface area contributed by atoms with Crippen LogP contribution in [0.2, 0.25) is 0 Å². The van der Waals surface area contributed by atoms with Crippen LogP contribution < -0.4 is 10.9 Å². The maximum absolute atomic E-state index is 13.2. The lowest BCUT2D eigenvalue weighted by molar-refractivity contribution is -0.139. The maximum atomic E-state index is 13.2. The Morgan fingerprint density at radius 3 is 2.33 bits per heavy atom. The van der Waals surface area contributed by atoms with Gasteiger partial charge in [0.05, 0.1) is 17.3 Å². The number of carbonyl (C=O) groups excluding carboxylic acids is 1. The molecule has 1 aliphatic carbocycles. The highest BCUT2D eigenvalue weighted by Gasteiger charge is 2.41. The average molecular weight is 607 g/mol. The zero-order valence-corrected chi connectivity index (χ0v) is 25.1. The van der Waals surface area contributed by atoms with Gasteiger partial charge in [-0.05, 0) is 51.0 Å². The lowest BCUT2D eigenvalue weighted by atomic mass is 9.92. The summed E-state index contributed by atoms with van der Waals surface area (Å²) in [6.07, 6.45) is 3.67. The van der Waals surface area contributed by atoms with Crippen molar-refractivity contribution in [1.82, 2.24) is 15.5 Å². The fraction of sp³-hybridized carbons (Fsp3) is 0.667. The summed E-state index contributed by atoms with van der Waals surface area (Å²) >= 11 is 0. The number of amides is 1. The minimum Gasteiger partial charge on any atom is -0.348 e. The molecular weight excluding hydrogens is 562 g/mol. The van der Waals surface area contributed by atoms with E-state index in [1.807, 2.05) is 12.0 Å². The second kappa shape index (κ2) is 17.9. The topological polar surface area (TPSA) is 87.2 Å². The number of aromatic nitrogens is 2. The molecule has 0 spiro atoms. The van der Waals surface area contributed by atoms with Gasteiger partial charge in [0.25, 0.3) is 5.56 Å². The second-order valence-corrected chi connectivity index (χ2v) is 10.4. The molecule has 0 radical (unpaired) electrons. The van der Waals surface area contributed by atoms with Crippen LogP contribution in [0.4, 0.5) is 26.3 Å². The lowest BCUT2D eigenvalue weighted by Crippen LogP contribution is -2.30. The van der Waals surface area contributed by atoms with Gasteiger partial charge in [-0.3, -0.25) is 14.6 Å². The van der Waals surface area contributed by atoms with Crippen LogP contribution in [0.1, 0.15) is 122 Å². The number of aromatic amines is 1. The van der Waals surface area contributed by atoms with E-state index in [4.69, 9.17) is 0 Å². The van der Waals surface area contributed by atoms with Crippen molar-refractivity contribution in [2.45, 2.75) is 124 Å². The summed E-state index contributed by atoms with van der Waals surface area (Å²) in [6.45, 7) is 9.21. The molecule has 0 aromatic carbocycles. The predicted octanol–water partition coefficient (Wildman–Crippen LogP) is 8.55. The van der Waals surface area contributed by atoms with Crippen molar-refractivity contribution in [3.8, 4) is 0 Å². The molecule has 1 heterocycles. The highest BCUT2D eigenvalue weighted by molar-refractivity contribution is 5.80. The summed E-state index contributed by atoms with van der Waals surface area (Å²) in [5, 5.41) is 8.53. The Hall–Kier alpha value is -2.92. The molecule has 2 rings (SSSR count). The Balaban J connectivity index is 0.000000532. The van der Waals surface area contributed by atoms with E-state index in [2.05, 4.69) is 29.3 Å². The number of aliphatic imine (C=N–C) groups is 1. The number of carbonyl (C=O) groups is 1. The van der Waals surface area contributed by atoms with Crippen molar-refractivity contribution in [3.63, 3.8) is 0 Å². The molecule has 0 aliphatic heterocycles. The molecule has 1 aliphatic rings. The van der Waals surface area contributed by atoms with E-state index in [0.717, 1.165) is 57.2 Å². The predicted molar refractivity (Wildman–Crippen MR) is 153 cm³/mol. The van der Waals surface area contributed by atoms with Crippen LogP contribution in [0.15, 0.2) is 33.2 Å².